The predicted molar refractivity (Wildman–Crippen MR) is 66.6 cm³/mol. The number of amides is 1. The van der Waals surface area contributed by atoms with E-state index in [4.69, 9.17) is 18.0 Å². The lowest BCUT2D eigenvalue weighted by molar-refractivity contribution is 0.0814. The molecular weight excluding hydrogens is 224 g/mol. The Morgan fingerprint density at radius 3 is 2.69 bits per heavy atom. The van der Waals surface area contributed by atoms with Crippen LogP contribution in [-0.2, 0) is 0 Å². The number of carbonyl (C=O) groups is 1. The first-order chi connectivity index (χ1) is 7.41. The molecule has 1 aromatic rings. The van der Waals surface area contributed by atoms with Crippen LogP contribution in [0.15, 0.2) is 18.2 Å². The minimum absolute atomic E-state index is 0.144. The Kier molecular flexibility index (Phi) is 3.84. The molecule has 0 heterocycles. The lowest BCUT2D eigenvalue weighted by Gasteiger charge is -2.17. The van der Waals surface area contributed by atoms with E-state index in [-0.39, 0.29) is 23.2 Å². The molecule has 0 atom stereocenters. The summed E-state index contributed by atoms with van der Waals surface area (Å²) in [6.45, 7) is 2.01. The van der Waals surface area contributed by atoms with Gasteiger partial charge < -0.3 is 15.7 Å². The maximum atomic E-state index is 11.9. The third kappa shape index (κ3) is 2.93. The molecule has 5 heteroatoms. The molecule has 16 heavy (non-hydrogen) atoms. The van der Waals surface area contributed by atoms with Gasteiger partial charge in [-0.2, -0.15) is 0 Å². The van der Waals surface area contributed by atoms with Gasteiger partial charge in [0.15, 0.2) is 0 Å². The lowest BCUT2D eigenvalue weighted by atomic mass is 10.1. The molecule has 0 aromatic heterocycles. The van der Waals surface area contributed by atoms with E-state index in [2.05, 4.69) is 0 Å². The van der Waals surface area contributed by atoms with Crippen molar-refractivity contribution in [3.63, 3.8) is 0 Å². The van der Waals surface area contributed by atoms with Crippen molar-refractivity contribution in [2.45, 2.75) is 6.92 Å². The third-order valence-electron chi connectivity index (χ3n) is 2.18. The van der Waals surface area contributed by atoms with Crippen molar-refractivity contribution >= 4 is 23.1 Å². The van der Waals surface area contributed by atoms with Crippen LogP contribution in [0.2, 0.25) is 0 Å². The average Bonchev–Trinajstić information content (AvgIpc) is 2.15. The Morgan fingerprint density at radius 1 is 1.56 bits per heavy atom. The van der Waals surface area contributed by atoms with Crippen LogP contribution in [0, 0.1) is 6.92 Å². The molecule has 4 nitrogen and oxygen atoms in total. The van der Waals surface area contributed by atoms with Gasteiger partial charge in [-0.15, -0.1) is 0 Å². The Hall–Kier alpha value is -1.62. The zero-order valence-corrected chi connectivity index (χ0v) is 10.0. The number of rotatable bonds is 3. The van der Waals surface area contributed by atoms with Crippen molar-refractivity contribution in [3.8, 4) is 5.75 Å². The standard InChI is InChI=1S/C11H14N2O2S/c1-7-5-8(14)3-4-9(7)11(15)13(2)6-10(12)16/h3-5,14H,6H2,1-2H3,(H2,12,16). The second-order valence-corrected chi connectivity index (χ2v) is 4.15. The molecule has 3 N–H and O–H groups in total. The van der Waals surface area contributed by atoms with E-state index in [1.54, 1.807) is 26.1 Å². The highest BCUT2D eigenvalue weighted by Crippen LogP contribution is 2.16. The topological polar surface area (TPSA) is 66.6 Å². The number of benzene rings is 1. The van der Waals surface area contributed by atoms with Crippen molar-refractivity contribution in [2.75, 3.05) is 13.6 Å². The number of aryl methyl sites for hydroxylation is 1. The lowest BCUT2D eigenvalue weighted by Crippen LogP contribution is -2.34. The van der Waals surface area contributed by atoms with E-state index < -0.39 is 0 Å². The molecular formula is C11H14N2O2S. The fourth-order valence-electron chi connectivity index (χ4n) is 1.40. The number of phenols is 1. The van der Waals surface area contributed by atoms with Crippen molar-refractivity contribution in [2.24, 2.45) is 5.73 Å². The first-order valence-electron chi connectivity index (χ1n) is 4.75. The normalized spacial score (nSPS) is 9.88. The Labute approximate surface area is 99.7 Å². The summed E-state index contributed by atoms with van der Waals surface area (Å²) in [7, 11) is 1.63. The Bertz CT molecular complexity index is 432. The summed E-state index contributed by atoms with van der Waals surface area (Å²) < 4.78 is 0. The van der Waals surface area contributed by atoms with E-state index in [9.17, 15) is 9.90 Å². The van der Waals surface area contributed by atoms with E-state index in [1.165, 1.54) is 11.0 Å². The van der Waals surface area contributed by atoms with Gasteiger partial charge in [0.05, 0.1) is 11.5 Å². The first-order valence-corrected chi connectivity index (χ1v) is 5.16. The molecule has 86 valence electrons. The smallest absolute Gasteiger partial charge is 0.254 e. The van der Waals surface area contributed by atoms with Crippen LogP contribution in [0.4, 0.5) is 0 Å². The minimum Gasteiger partial charge on any atom is -0.508 e. The Balaban J connectivity index is 2.92. The molecule has 1 amide bonds. The highest BCUT2D eigenvalue weighted by atomic mass is 32.1. The Morgan fingerprint density at radius 2 is 2.19 bits per heavy atom. The molecule has 0 unspecified atom stereocenters. The monoisotopic (exact) mass is 238 g/mol. The molecule has 0 aliphatic rings. The average molecular weight is 238 g/mol. The van der Waals surface area contributed by atoms with Crippen LogP contribution in [0.5, 0.6) is 5.75 Å². The molecule has 0 spiro atoms. The number of nitrogens with zero attached hydrogens (tertiary/aromatic N) is 1. The molecule has 0 radical (unpaired) electrons. The molecule has 0 fully saturated rings. The molecule has 0 bridgehead atoms. The third-order valence-corrected chi connectivity index (χ3v) is 2.31. The van der Waals surface area contributed by atoms with Crippen LogP contribution in [0.3, 0.4) is 0 Å². The highest BCUT2D eigenvalue weighted by Gasteiger charge is 2.14. The van der Waals surface area contributed by atoms with Gasteiger partial charge in [0.1, 0.15) is 5.75 Å². The van der Waals surface area contributed by atoms with Crippen LogP contribution < -0.4 is 5.73 Å². The zero-order chi connectivity index (χ0) is 12.3. The fourth-order valence-corrected chi connectivity index (χ4v) is 1.59. The summed E-state index contributed by atoms with van der Waals surface area (Å²) in [6, 6.07) is 4.61. The summed E-state index contributed by atoms with van der Waals surface area (Å²) >= 11 is 4.74. The van der Waals surface area contributed by atoms with E-state index in [1.807, 2.05) is 0 Å². The SMILES string of the molecule is Cc1cc(O)ccc1C(=O)N(C)CC(N)=S. The maximum Gasteiger partial charge on any atom is 0.254 e. The van der Waals surface area contributed by atoms with Crippen molar-refractivity contribution in [1.82, 2.24) is 4.90 Å². The maximum absolute atomic E-state index is 11.9. The van der Waals surface area contributed by atoms with Gasteiger partial charge in [0, 0.05) is 12.6 Å². The van der Waals surface area contributed by atoms with E-state index >= 15 is 0 Å². The summed E-state index contributed by atoms with van der Waals surface area (Å²) in [6.07, 6.45) is 0. The van der Waals surface area contributed by atoms with Gasteiger partial charge in [0.2, 0.25) is 0 Å². The van der Waals surface area contributed by atoms with Crippen LogP contribution in [0.25, 0.3) is 0 Å². The van der Waals surface area contributed by atoms with E-state index in [0.29, 0.717) is 5.56 Å². The van der Waals surface area contributed by atoms with Crippen molar-refractivity contribution < 1.29 is 9.90 Å². The number of phenolic OH excluding ortho intramolecular Hbond substituents is 1. The van der Waals surface area contributed by atoms with Gasteiger partial charge in [0.25, 0.3) is 5.91 Å². The largest absolute Gasteiger partial charge is 0.508 e. The van der Waals surface area contributed by atoms with E-state index in [0.717, 1.165) is 5.56 Å². The fraction of sp³-hybridized carbons (Fsp3) is 0.273. The summed E-state index contributed by atoms with van der Waals surface area (Å²) in [5.74, 6) is -0.0173. The van der Waals surface area contributed by atoms with Gasteiger partial charge >= 0.3 is 0 Å². The number of nitrogens with two attached hydrogens (primary N) is 1. The highest BCUT2D eigenvalue weighted by molar-refractivity contribution is 7.80. The summed E-state index contributed by atoms with van der Waals surface area (Å²) in [5, 5.41) is 9.24. The van der Waals surface area contributed by atoms with Gasteiger partial charge in [-0.3, -0.25) is 4.79 Å². The summed E-state index contributed by atoms with van der Waals surface area (Å²) in [5.41, 5.74) is 6.63. The van der Waals surface area contributed by atoms with Gasteiger partial charge in [-0.05, 0) is 30.7 Å². The van der Waals surface area contributed by atoms with Gasteiger partial charge in [-0.1, -0.05) is 12.2 Å². The number of carbonyl (C=O) groups excluding carboxylic acids is 1. The van der Waals surface area contributed by atoms with Crippen molar-refractivity contribution in [3.05, 3.63) is 29.3 Å². The molecule has 0 aliphatic carbocycles. The minimum atomic E-state index is -0.162. The van der Waals surface area contributed by atoms with Crippen molar-refractivity contribution in [1.29, 1.82) is 0 Å². The molecule has 0 saturated carbocycles. The second kappa shape index (κ2) is 4.94. The van der Waals surface area contributed by atoms with Gasteiger partial charge in [-0.25, -0.2) is 0 Å². The van der Waals surface area contributed by atoms with Crippen LogP contribution >= 0.6 is 12.2 Å². The first kappa shape index (κ1) is 12.4. The second-order valence-electron chi connectivity index (χ2n) is 3.63. The zero-order valence-electron chi connectivity index (χ0n) is 9.23. The van der Waals surface area contributed by atoms with Crippen LogP contribution in [-0.4, -0.2) is 34.5 Å². The molecule has 1 aromatic carbocycles. The number of hydrogen-bond acceptors (Lipinski definition) is 3. The molecule has 0 aliphatic heterocycles. The number of hydrogen-bond donors (Lipinski definition) is 2. The molecule has 0 saturated heterocycles. The number of likely N-dealkylation sites (N-methyl/N-ethyl adjacent to an activating group) is 1. The number of aromatic hydroxyl groups is 1. The molecule has 1 rings (SSSR count). The predicted octanol–water partition coefficient (Wildman–Crippen LogP) is 1.06. The number of thiocarbonyl (C=S) groups is 1. The summed E-state index contributed by atoms with van der Waals surface area (Å²) in [4.78, 5) is 13.7. The quantitative estimate of drug-likeness (QED) is 0.773. The van der Waals surface area contributed by atoms with Crippen LogP contribution in [0.1, 0.15) is 15.9 Å².